The van der Waals surface area contributed by atoms with Crippen molar-refractivity contribution < 1.29 is 28.6 Å². The maximum atomic E-state index is 12.9. The van der Waals surface area contributed by atoms with E-state index in [4.69, 9.17) is 14.2 Å². The number of ether oxygens (including phenoxy) is 3. The number of unbranched alkanes of at least 4 members (excludes halogenated alkanes) is 37. The van der Waals surface area contributed by atoms with E-state index in [1.165, 1.54) is 173 Å². The number of carbonyl (C=O) groups excluding carboxylic acids is 3. The molecular weight excluding hydrogens is 973 g/mol. The van der Waals surface area contributed by atoms with Crippen LogP contribution in [0.5, 0.6) is 0 Å². The zero-order valence-electron chi connectivity index (χ0n) is 52.4. The molecular formula is C73H128O6. The Bertz CT molecular complexity index is 1500. The van der Waals surface area contributed by atoms with E-state index in [-0.39, 0.29) is 31.1 Å². The molecule has 0 saturated carbocycles. The van der Waals surface area contributed by atoms with Crippen molar-refractivity contribution in [3.8, 4) is 0 Å². The Kier molecular flexibility index (Phi) is 64.2. The summed E-state index contributed by atoms with van der Waals surface area (Å²) in [5, 5.41) is 0. The molecule has 1 atom stereocenters. The number of hydrogen-bond donors (Lipinski definition) is 0. The first-order valence-electron chi connectivity index (χ1n) is 34.1. The minimum atomic E-state index is -0.794. The van der Waals surface area contributed by atoms with Crippen LogP contribution in [0.2, 0.25) is 0 Å². The fourth-order valence-electron chi connectivity index (χ4n) is 9.80. The lowest BCUT2D eigenvalue weighted by Crippen LogP contribution is -2.30. The van der Waals surface area contributed by atoms with Crippen LogP contribution in [0.4, 0.5) is 0 Å². The van der Waals surface area contributed by atoms with E-state index in [9.17, 15) is 14.4 Å². The molecule has 0 radical (unpaired) electrons. The van der Waals surface area contributed by atoms with Gasteiger partial charge in [0.1, 0.15) is 13.2 Å². The molecule has 0 spiro atoms. The number of rotatable bonds is 62. The van der Waals surface area contributed by atoms with Gasteiger partial charge in [0, 0.05) is 19.3 Å². The molecule has 1 unspecified atom stereocenters. The molecule has 0 saturated heterocycles. The van der Waals surface area contributed by atoms with Crippen LogP contribution in [0, 0.1) is 0 Å². The predicted molar refractivity (Wildman–Crippen MR) is 344 cm³/mol. The molecule has 0 bridgehead atoms. The summed E-state index contributed by atoms with van der Waals surface area (Å²) in [6.45, 7) is 6.53. The molecule has 6 nitrogen and oxygen atoms in total. The molecule has 6 heteroatoms. The Morgan fingerprint density at radius 2 is 0.494 bits per heavy atom. The molecule has 0 amide bonds. The van der Waals surface area contributed by atoms with Crippen molar-refractivity contribution in [2.45, 2.75) is 348 Å². The zero-order valence-corrected chi connectivity index (χ0v) is 52.4. The van der Waals surface area contributed by atoms with E-state index in [0.717, 1.165) is 128 Å². The summed E-state index contributed by atoms with van der Waals surface area (Å²) in [5.74, 6) is -0.903. The van der Waals surface area contributed by atoms with Gasteiger partial charge in [-0.1, -0.05) is 311 Å². The van der Waals surface area contributed by atoms with Crippen molar-refractivity contribution in [3.63, 3.8) is 0 Å². The van der Waals surface area contributed by atoms with Gasteiger partial charge in [-0.25, -0.2) is 0 Å². The molecule has 79 heavy (non-hydrogen) atoms. The molecule has 0 aromatic heterocycles. The Balaban J connectivity index is 4.37. The standard InChI is InChI=1S/C73H128O6/c1-4-7-10-13-16-19-22-25-28-31-33-35-36-37-39-40-42-45-48-51-54-57-60-63-66-72(75)78-69-70(68-77-71(74)65-62-59-56-53-50-47-44-30-27-24-21-18-15-12-9-6-3)79-73(76)67-64-61-58-55-52-49-46-43-41-38-34-32-29-26-23-20-17-14-11-8-5-2/h8,11,17,20-21,24,26,29-30,34,38,43-44,46,70H,4-7,9-10,12-16,18-19,22-23,25,27-28,31-33,35-37,39-42,45,47-69H2,1-3H3/b11-8-,20-17-,24-21-,29-26-,38-34-,44-30-,46-43-. The van der Waals surface area contributed by atoms with Gasteiger partial charge >= 0.3 is 17.9 Å². The number of allylic oxidation sites excluding steroid dienone is 14. The van der Waals surface area contributed by atoms with Crippen LogP contribution in [-0.2, 0) is 28.6 Å². The second-order valence-corrected chi connectivity index (χ2v) is 22.7. The van der Waals surface area contributed by atoms with Crippen LogP contribution in [0.3, 0.4) is 0 Å². The summed E-state index contributed by atoms with van der Waals surface area (Å²) in [6.07, 6.45) is 88.8. The van der Waals surface area contributed by atoms with Crippen molar-refractivity contribution in [3.05, 3.63) is 85.1 Å². The topological polar surface area (TPSA) is 78.9 Å². The van der Waals surface area contributed by atoms with Gasteiger partial charge in [-0.05, 0) is 96.3 Å². The first-order chi connectivity index (χ1) is 39.0. The molecule has 0 aromatic rings. The highest BCUT2D eigenvalue weighted by Crippen LogP contribution is 2.17. The normalized spacial score (nSPS) is 12.6. The van der Waals surface area contributed by atoms with Crippen molar-refractivity contribution in [1.29, 1.82) is 0 Å². The minimum absolute atomic E-state index is 0.0865. The van der Waals surface area contributed by atoms with E-state index in [1.54, 1.807) is 0 Å². The van der Waals surface area contributed by atoms with Crippen molar-refractivity contribution in [2.75, 3.05) is 13.2 Å². The number of esters is 3. The van der Waals surface area contributed by atoms with Crippen molar-refractivity contribution in [1.82, 2.24) is 0 Å². The van der Waals surface area contributed by atoms with E-state index in [2.05, 4.69) is 106 Å². The quantitative estimate of drug-likeness (QED) is 0.0261. The molecule has 0 fully saturated rings. The monoisotopic (exact) mass is 1100 g/mol. The van der Waals surface area contributed by atoms with Crippen molar-refractivity contribution >= 4 is 17.9 Å². The molecule has 0 N–H and O–H groups in total. The minimum Gasteiger partial charge on any atom is -0.462 e. The highest BCUT2D eigenvalue weighted by Gasteiger charge is 2.19. The maximum absolute atomic E-state index is 12.9. The molecule has 0 aromatic carbocycles. The lowest BCUT2D eigenvalue weighted by molar-refractivity contribution is -0.167. The Morgan fingerprint density at radius 1 is 0.266 bits per heavy atom. The maximum Gasteiger partial charge on any atom is 0.306 e. The van der Waals surface area contributed by atoms with Gasteiger partial charge in [-0.2, -0.15) is 0 Å². The largest absolute Gasteiger partial charge is 0.462 e. The van der Waals surface area contributed by atoms with Gasteiger partial charge in [0.2, 0.25) is 0 Å². The zero-order chi connectivity index (χ0) is 57.1. The molecule has 456 valence electrons. The fourth-order valence-corrected chi connectivity index (χ4v) is 9.80. The second-order valence-electron chi connectivity index (χ2n) is 22.7. The third kappa shape index (κ3) is 65.3. The Hall–Kier alpha value is -3.41. The van der Waals surface area contributed by atoms with Crippen LogP contribution in [0.25, 0.3) is 0 Å². The van der Waals surface area contributed by atoms with Crippen LogP contribution < -0.4 is 0 Å². The van der Waals surface area contributed by atoms with Gasteiger partial charge in [0.05, 0.1) is 0 Å². The van der Waals surface area contributed by atoms with E-state index in [1.807, 2.05) is 0 Å². The van der Waals surface area contributed by atoms with Gasteiger partial charge < -0.3 is 14.2 Å². The summed E-state index contributed by atoms with van der Waals surface area (Å²) in [4.78, 5) is 38.4. The first-order valence-corrected chi connectivity index (χ1v) is 34.1. The predicted octanol–water partition coefficient (Wildman–Crippen LogP) is 23.4. The van der Waals surface area contributed by atoms with Gasteiger partial charge in [0.15, 0.2) is 6.10 Å². The highest BCUT2D eigenvalue weighted by atomic mass is 16.6. The lowest BCUT2D eigenvalue weighted by Gasteiger charge is -2.18. The van der Waals surface area contributed by atoms with Gasteiger partial charge in [-0.15, -0.1) is 0 Å². The van der Waals surface area contributed by atoms with Crippen molar-refractivity contribution in [2.24, 2.45) is 0 Å². The highest BCUT2D eigenvalue weighted by molar-refractivity contribution is 5.71. The Morgan fingerprint density at radius 3 is 0.785 bits per heavy atom. The third-order valence-electron chi connectivity index (χ3n) is 14.9. The summed E-state index contributed by atoms with van der Waals surface area (Å²) < 4.78 is 17.0. The molecule has 0 heterocycles. The van der Waals surface area contributed by atoms with E-state index < -0.39 is 6.10 Å². The SMILES string of the molecule is CC/C=C\C/C=C\C/C=C\C/C=C\C/C=C\CCCCCCCC(=O)OC(COC(=O)CCCCCCC/C=C\C/C=C\CCCCCC)COC(=O)CCCCCCCCCCCCCCCCCCCCCCCCCC. The lowest BCUT2D eigenvalue weighted by atomic mass is 10.0. The van der Waals surface area contributed by atoms with Gasteiger partial charge in [0.25, 0.3) is 0 Å². The Labute approximate surface area is 490 Å². The van der Waals surface area contributed by atoms with E-state index in [0.29, 0.717) is 19.3 Å². The average molecular weight is 1100 g/mol. The number of carbonyl (C=O) groups is 3. The summed E-state index contributed by atoms with van der Waals surface area (Å²) in [7, 11) is 0. The summed E-state index contributed by atoms with van der Waals surface area (Å²) in [6, 6.07) is 0. The van der Waals surface area contributed by atoms with Crippen LogP contribution >= 0.6 is 0 Å². The van der Waals surface area contributed by atoms with Crippen LogP contribution in [0.15, 0.2) is 85.1 Å². The number of hydrogen-bond acceptors (Lipinski definition) is 6. The third-order valence-corrected chi connectivity index (χ3v) is 14.9. The molecule has 0 aliphatic rings. The molecule has 0 aliphatic heterocycles. The van der Waals surface area contributed by atoms with E-state index >= 15 is 0 Å². The summed E-state index contributed by atoms with van der Waals surface area (Å²) in [5.41, 5.74) is 0. The van der Waals surface area contributed by atoms with Crippen LogP contribution in [-0.4, -0.2) is 37.2 Å². The molecule has 0 rings (SSSR count). The fraction of sp³-hybridized carbons (Fsp3) is 0.767. The average Bonchev–Trinajstić information content (AvgIpc) is 3.45. The van der Waals surface area contributed by atoms with Crippen LogP contribution in [0.1, 0.15) is 342 Å². The molecule has 0 aliphatic carbocycles. The first kappa shape index (κ1) is 75.6. The van der Waals surface area contributed by atoms with Gasteiger partial charge in [-0.3, -0.25) is 14.4 Å². The smallest absolute Gasteiger partial charge is 0.306 e. The summed E-state index contributed by atoms with van der Waals surface area (Å²) >= 11 is 0. The second kappa shape index (κ2) is 67.1.